The largest absolute Gasteiger partial charge is 0.494 e. The number of anilines is 1. The Balaban J connectivity index is 1.37. The van der Waals surface area contributed by atoms with Crippen molar-refractivity contribution in [2.45, 2.75) is 53.5 Å². The van der Waals surface area contributed by atoms with E-state index in [0.717, 1.165) is 60.9 Å². The van der Waals surface area contributed by atoms with Crippen LogP contribution < -0.4 is 9.64 Å². The summed E-state index contributed by atoms with van der Waals surface area (Å²) in [4.78, 5) is 33.0. The van der Waals surface area contributed by atoms with Crippen LogP contribution in [0.1, 0.15) is 68.3 Å². The van der Waals surface area contributed by atoms with Crippen LogP contribution in [0.15, 0.2) is 54.7 Å². The van der Waals surface area contributed by atoms with Crippen LogP contribution in [0.3, 0.4) is 0 Å². The Morgan fingerprint density at radius 1 is 1.00 bits per heavy atom. The second-order valence-electron chi connectivity index (χ2n) is 13.1. The molecule has 3 aromatic heterocycles. The van der Waals surface area contributed by atoms with E-state index in [0.29, 0.717) is 53.3 Å². The van der Waals surface area contributed by atoms with Crippen molar-refractivity contribution in [3.8, 4) is 16.9 Å². The molecule has 1 aliphatic heterocycles. The summed E-state index contributed by atoms with van der Waals surface area (Å²) in [6.45, 7) is 10.8. The number of carboxylic acid groups (broad SMARTS) is 1. The van der Waals surface area contributed by atoms with Gasteiger partial charge in [-0.3, -0.25) is 14.4 Å². The fourth-order valence-electron chi connectivity index (χ4n) is 7.42. The first kappa shape index (κ1) is 33.6. The summed E-state index contributed by atoms with van der Waals surface area (Å²) >= 11 is 13.4. The Kier molecular flexibility index (Phi) is 8.60. The first-order valence-corrected chi connectivity index (χ1v) is 17.3. The van der Waals surface area contributed by atoms with Gasteiger partial charge in [0.1, 0.15) is 17.3 Å². The average Bonchev–Trinajstić information content (AvgIpc) is 3.55. The van der Waals surface area contributed by atoms with Gasteiger partial charge in [-0.1, -0.05) is 29.3 Å². The molecule has 0 aliphatic carbocycles. The van der Waals surface area contributed by atoms with E-state index in [1.807, 2.05) is 63.7 Å². The van der Waals surface area contributed by atoms with E-state index in [2.05, 4.69) is 16.5 Å². The van der Waals surface area contributed by atoms with Gasteiger partial charge in [-0.2, -0.15) is 5.10 Å². The van der Waals surface area contributed by atoms with E-state index in [4.69, 9.17) is 33.0 Å². The molecule has 0 unspecified atom stereocenters. The molecule has 1 atom stereocenters. The third kappa shape index (κ3) is 5.49. The van der Waals surface area contributed by atoms with Gasteiger partial charge in [-0.05, 0) is 112 Å². The summed E-state index contributed by atoms with van der Waals surface area (Å²) < 4.78 is 10.2. The van der Waals surface area contributed by atoms with Crippen LogP contribution in [-0.2, 0) is 13.5 Å². The molecular weight excluding hydrogens is 673 g/mol. The van der Waals surface area contributed by atoms with Gasteiger partial charge < -0.3 is 14.4 Å². The van der Waals surface area contributed by atoms with Crippen molar-refractivity contribution in [1.82, 2.24) is 19.3 Å². The van der Waals surface area contributed by atoms with Crippen LogP contribution >= 0.6 is 23.2 Å². The molecule has 0 saturated heterocycles. The fraction of sp³-hybridized carbons (Fsp3) is 0.282. The Hall–Kier alpha value is -4.86. The molecule has 0 spiro atoms. The number of carboxylic acids is 1. The number of ether oxygens (including phenoxy) is 1. The predicted octanol–water partition coefficient (Wildman–Crippen LogP) is 9.06. The van der Waals surface area contributed by atoms with E-state index in [1.54, 1.807) is 35.4 Å². The smallest absolute Gasteiger partial charge is 0.335 e. The van der Waals surface area contributed by atoms with E-state index in [-0.39, 0.29) is 17.5 Å². The Labute approximate surface area is 300 Å². The second-order valence-corrected chi connectivity index (χ2v) is 13.9. The fourth-order valence-corrected chi connectivity index (χ4v) is 7.78. The number of fused-ring (bicyclic) bond motifs is 4. The highest BCUT2D eigenvalue weighted by Gasteiger charge is 2.37. The van der Waals surface area contributed by atoms with E-state index in [9.17, 15) is 14.7 Å². The molecule has 50 heavy (non-hydrogen) atoms. The molecule has 9 nitrogen and oxygen atoms in total. The minimum Gasteiger partial charge on any atom is -0.494 e. The lowest BCUT2D eigenvalue weighted by Crippen LogP contribution is -2.43. The molecule has 0 fully saturated rings. The monoisotopic (exact) mass is 709 g/mol. The molecule has 4 heterocycles. The molecule has 11 heteroatoms. The molecule has 256 valence electrons. The van der Waals surface area contributed by atoms with Gasteiger partial charge in [0.15, 0.2) is 0 Å². The Morgan fingerprint density at radius 2 is 1.72 bits per heavy atom. The summed E-state index contributed by atoms with van der Waals surface area (Å²) in [5.41, 5.74) is 8.15. The highest BCUT2D eigenvalue weighted by molar-refractivity contribution is 6.35. The highest BCUT2D eigenvalue weighted by atomic mass is 35.5. The molecule has 1 aliphatic rings. The average molecular weight is 711 g/mol. The summed E-state index contributed by atoms with van der Waals surface area (Å²) in [6.07, 6.45) is 2.85. The van der Waals surface area contributed by atoms with Crippen molar-refractivity contribution in [2.24, 2.45) is 7.05 Å². The van der Waals surface area contributed by atoms with Gasteiger partial charge in [-0.25, -0.2) is 9.78 Å². The molecule has 1 N–H and O–H groups in total. The van der Waals surface area contributed by atoms with E-state index in [1.165, 1.54) is 0 Å². The van der Waals surface area contributed by atoms with Crippen LogP contribution in [0.2, 0.25) is 10.0 Å². The van der Waals surface area contributed by atoms with Crippen molar-refractivity contribution in [3.63, 3.8) is 0 Å². The summed E-state index contributed by atoms with van der Waals surface area (Å²) in [5.74, 6) is 0.0608. The van der Waals surface area contributed by atoms with Crippen LogP contribution in [-0.4, -0.2) is 49.5 Å². The van der Waals surface area contributed by atoms with Gasteiger partial charge >= 0.3 is 5.97 Å². The molecule has 0 bridgehead atoms. The number of aryl methyl sites for hydroxylation is 5. The first-order chi connectivity index (χ1) is 23.9. The van der Waals surface area contributed by atoms with Gasteiger partial charge in [0, 0.05) is 58.4 Å². The van der Waals surface area contributed by atoms with Crippen LogP contribution in [0, 0.1) is 27.7 Å². The van der Waals surface area contributed by atoms with Crippen LogP contribution in [0.5, 0.6) is 5.75 Å². The Morgan fingerprint density at radius 3 is 2.40 bits per heavy atom. The maximum atomic E-state index is 14.9. The number of halogens is 2. The molecule has 3 aromatic carbocycles. The standard InChI is InChI=1S/C39H37Cl2N5O4/c1-20-16-27(17-21(2)34(20)41)50-15-7-8-29-30-11-12-31(40)33(32-23(4)43-44(6)24(32)5)35(30)46-22(3)19-45(38(47)36(29)46)37-28-10-9-26(39(48)49)18-25(28)13-14-42-37/h9-14,16-18,22H,7-8,15,19H2,1-6H3,(H,48,49)/t22-/m1/s1. The van der Waals surface area contributed by atoms with Gasteiger partial charge in [0.05, 0.1) is 28.4 Å². The van der Waals surface area contributed by atoms with Crippen LogP contribution in [0.4, 0.5) is 5.82 Å². The highest BCUT2D eigenvalue weighted by Crippen LogP contribution is 2.45. The van der Waals surface area contributed by atoms with Gasteiger partial charge in [0.25, 0.3) is 5.91 Å². The number of carbonyl (C=O) groups is 2. The van der Waals surface area contributed by atoms with Crippen LogP contribution in [0.25, 0.3) is 32.8 Å². The number of nitrogens with zero attached hydrogens (tertiary/aromatic N) is 5. The van der Waals surface area contributed by atoms with Crippen molar-refractivity contribution >= 4 is 62.6 Å². The minimum absolute atomic E-state index is 0.153. The third-order valence-electron chi connectivity index (χ3n) is 9.81. The first-order valence-electron chi connectivity index (χ1n) is 16.6. The van der Waals surface area contributed by atoms with Crippen molar-refractivity contribution in [1.29, 1.82) is 0 Å². The van der Waals surface area contributed by atoms with Gasteiger partial charge in [-0.15, -0.1) is 0 Å². The molecule has 0 saturated carbocycles. The number of hydrogen-bond donors (Lipinski definition) is 1. The van der Waals surface area contributed by atoms with E-state index < -0.39 is 5.97 Å². The number of hydrogen-bond acceptors (Lipinski definition) is 5. The number of rotatable bonds is 8. The maximum absolute atomic E-state index is 14.9. The number of pyridine rings is 1. The summed E-state index contributed by atoms with van der Waals surface area (Å²) in [7, 11) is 1.92. The quantitative estimate of drug-likeness (QED) is 0.158. The van der Waals surface area contributed by atoms with Crippen molar-refractivity contribution in [2.75, 3.05) is 18.1 Å². The number of amides is 1. The zero-order chi connectivity index (χ0) is 35.6. The molecule has 1 amide bonds. The summed E-state index contributed by atoms with van der Waals surface area (Å²) in [5, 5.41) is 18.0. The minimum atomic E-state index is -1.01. The lowest BCUT2D eigenvalue weighted by molar-refractivity contribution is 0.0696. The topological polar surface area (TPSA) is 102 Å². The van der Waals surface area contributed by atoms with Crippen molar-refractivity contribution in [3.05, 3.63) is 104 Å². The number of aromatic carboxylic acids is 1. The Bertz CT molecular complexity index is 2350. The molecular formula is C39H37Cl2N5O4. The lowest BCUT2D eigenvalue weighted by atomic mass is 9.98. The summed E-state index contributed by atoms with van der Waals surface area (Å²) in [6, 6.07) is 14.3. The molecule has 7 rings (SSSR count). The SMILES string of the molecule is Cc1cc(OCCCc2c3n(c4c(-c5c(C)nn(C)c5C)c(Cl)ccc24)[C@H](C)CN(c2nccc4cc(C(=O)O)ccc24)C3=O)cc(C)c1Cl. The van der Waals surface area contributed by atoms with Crippen molar-refractivity contribution < 1.29 is 19.4 Å². The zero-order valence-corrected chi connectivity index (χ0v) is 30.3. The predicted molar refractivity (Wildman–Crippen MR) is 198 cm³/mol. The van der Waals surface area contributed by atoms with Gasteiger partial charge in [0.2, 0.25) is 0 Å². The zero-order valence-electron chi connectivity index (χ0n) is 28.8. The molecule has 0 radical (unpaired) electrons. The number of aromatic nitrogens is 4. The molecule has 6 aromatic rings. The maximum Gasteiger partial charge on any atom is 0.335 e. The second kappa shape index (κ2) is 12.8. The number of carbonyl (C=O) groups excluding carboxylic acids is 1. The lowest BCUT2D eigenvalue weighted by Gasteiger charge is -2.34. The number of benzene rings is 3. The normalized spacial score (nSPS) is 14.5. The third-order valence-corrected chi connectivity index (χ3v) is 10.7. The van der Waals surface area contributed by atoms with E-state index >= 15 is 0 Å².